The van der Waals surface area contributed by atoms with Crippen LogP contribution in [0.15, 0.2) is 30.3 Å². The molecular weight excluding hydrogens is 314 g/mol. The first-order valence-electron chi connectivity index (χ1n) is 6.59. The molecule has 102 valence electrons. The first kappa shape index (κ1) is 13.3. The van der Waals surface area contributed by atoms with Crippen molar-refractivity contribution in [3.05, 3.63) is 52.8 Å². The summed E-state index contributed by atoms with van der Waals surface area (Å²) in [5.74, 6) is 0.911. The van der Waals surface area contributed by atoms with Crippen molar-refractivity contribution in [2.45, 2.75) is 26.1 Å². The Bertz CT molecular complexity index is 790. The minimum Gasteiger partial charge on any atom is -0.228 e. The lowest BCUT2D eigenvalue weighted by atomic mass is 10.1. The zero-order chi connectivity index (χ0) is 14.3. The van der Waals surface area contributed by atoms with Crippen molar-refractivity contribution in [2.24, 2.45) is 0 Å². The number of rotatable bonds is 2. The van der Waals surface area contributed by atoms with E-state index in [9.17, 15) is 0 Å². The third-order valence-electron chi connectivity index (χ3n) is 3.78. The summed E-state index contributed by atoms with van der Waals surface area (Å²) in [7, 11) is 0. The van der Waals surface area contributed by atoms with Gasteiger partial charge in [-0.1, -0.05) is 34.1 Å². The summed E-state index contributed by atoms with van der Waals surface area (Å²) < 4.78 is 1.95. The number of fused-ring (bicyclic) bond motifs is 1. The fourth-order valence-electron chi connectivity index (χ4n) is 2.36. The highest BCUT2D eigenvalue weighted by molar-refractivity contribution is 9.08. The Hall–Kier alpha value is -1.68. The van der Waals surface area contributed by atoms with E-state index in [-0.39, 0.29) is 0 Å². The average molecular weight is 330 g/mol. The van der Waals surface area contributed by atoms with E-state index >= 15 is 0 Å². The molecule has 2 heterocycles. The van der Waals surface area contributed by atoms with Crippen molar-refractivity contribution in [2.75, 3.05) is 0 Å². The molecule has 0 radical (unpaired) electrons. The number of nitrogens with zero attached hydrogens (tertiary/aromatic N) is 3. The number of benzene rings is 1. The molecule has 0 spiro atoms. The quantitative estimate of drug-likeness (QED) is 0.658. The third kappa shape index (κ3) is 2.04. The Morgan fingerprint density at radius 1 is 1.15 bits per heavy atom. The average Bonchev–Trinajstić information content (AvgIpc) is 2.73. The van der Waals surface area contributed by atoms with E-state index in [2.05, 4.69) is 47.0 Å². The Morgan fingerprint density at radius 2 is 1.90 bits per heavy atom. The van der Waals surface area contributed by atoms with Crippen LogP contribution in [0, 0.1) is 20.8 Å². The minimum atomic E-state index is 0.761. The van der Waals surface area contributed by atoms with Crippen LogP contribution < -0.4 is 0 Å². The molecule has 0 amide bonds. The Kier molecular flexibility index (Phi) is 3.34. The molecule has 0 saturated carbocycles. The van der Waals surface area contributed by atoms with E-state index in [1.807, 2.05) is 29.8 Å². The van der Waals surface area contributed by atoms with Crippen molar-refractivity contribution < 1.29 is 0 Å². The van der Waals surface area contributed by atoms with Crippen LogP contribution in [-0.4, -0.2) is 14.8 Å². The lowest BCUT2D eigenvalue weighted by Crippen LogP contribution is -2.06. The van der Waals surface area contributed by atoms with Crippen LogP contribution in [0.4, 0.5) is 0 Å². The second-order valence-corrected chi connectivity index (χ2v) is 5.57. The van der Waals surface area contributed by atoms with E-state index in [0.29, 0.717) is 0 Å². The van der Waals surface area contributed by atoms with Crippen molar-refractivity contribution >= 4 is 26.8 Å². The fraction of sp³-hybridized carbons (Fsp3) is 0.250. The summed E-state index contributed by atoms with van der Waals surface area (Å²) in [5, 5.41) is 6.55. The molecule has 0 aliphatic heterocycles. The topological polar surface area (TPSA) is 30.7 Å². The predicted molar refractivity (Wildman–Crippen MR) is 85.7 cm³/mol. The number of aromatic nitrogens is 3. The summed E-state index contributed by atoms with van der Waals surface area (Å²) in [6.07, 6.45) is 0. The smallest absolute Gasteiger partial charge is 0.158 e. The van der Waals surface area contributed by atoms with Gasteiger partial charge in [-0.2, -0.15) is 5.10 Å². The molecule has 4 heteroatoms. The molecule has 0 aliphatic carbocycles. The van der Waals surface area contributed by atoms with Gasteiger partial charge in [-0.3, -0.25) is 0 Å². The lowest BCUT2D eigenvalue weighted by Gasteiger charge is -2.10. The highest BCUT2D eigenvalue weighted by Crippen LogP contribution is 2.24. The Balaban J connectivity index is 2.31. The van der Waals surface area contributed by atoms with Crippen LogP contribution in [0.2, 0.25) is 0 Å². The van der Waals surface area contributed by atoms with Gasteiger partial charge in [0.1, 0.15) is 0 Å². The van der Waals surface area contributed by atoms with E-state index in [0.717, 1.165) is 39.0 Å². The molecule has 0 N–H and O–H groups in total. The minimum absolute atomic E-state index is 0.761. The number of hydrogen-bond acceptors (Lipinski definition) is 2. The summed E-state index contributed by atoms with van der Waals surface area (Å²) in [5.41, 5.74) is 5.57. The molecule has 3 nitrogen and oxygen atoms in total. The van der Waals surface area contributed by atoms with Crippen LogP contribution in [0.1, 0.15) is 22.5 Å². The standard InChI is InChI=1S/C16H16BrN3/c1-10-11(2)19-20(12(10)3)16-14(9-17)8-13-6-4-5-7-15(13)18-16/h4-8H,9H2,1-3H3. The predicted octanol–water partition coefficient (Wildman–Crippen LogP) is 4.24. The second kappa shape index (κ2) is 5.02. The molecular formula is C16H16BrN3. The fourth-order valence-corrected chi connectivity index (χ4v) is 2.77. The number of para-hydroxylation sites is 1. The highest BCUT2D eigenvalue weighted by atomic mass is 79.9. The van der Waals surface area contributed by atoms with Gasteiger partial charge in [0.25, 0.3) is 0 Å². The summed E-state index contributed by atoms with van der Waals surface area (Å²) >= 11 is 3.56. The van der Waals surface area contributed by atoms with E-state index in [4.69, 9.17) is 4.98 Å². The first-order chi connectivity index (χ1) is 9.61. The third-order valence-corrected chi connectivity index (χ3v) is 4.38. The molecule has 0 aliphatic rings. The summed E-state index contributed by atoms with van der Waals surface area (Å²) in [4.78, 5) is 4.80. The maximum Gasteiger partial charge on any atom is 0.158 e. The van der Waals surface area contributed by atoms with Gasteiger partial charge in [0.15, 0.2) is 5.82 Å². The molecule has 0 saturated heterocycles. The molecule has 3 aromatic rings. The largest absolute Gasteiger partial charge is 0.228 e. The maximum atomic E-state index is 4.80. The molecule has 0 atom stereocenters. The second-order valence-electron chi connectivity index (χ2n) is 5.01. The summed E-state index contributed by atoms with van der Waals surface area (Å²) in [6, 6.07) is 10.4. The van der Waals surface area contributed by atoms with Gasteiger partial charge >= 0.3 is 0 Å². The van der Waals surface area contributed by atoms with Crippen molar-refractivity contribution in [1.82, 2.24) is 14.8 Å². The molecule has 1 aromatic carbocycles. The summed E-state index contributed by atoms with van der Waals surface area (Å²) in [6.45, 7) is 6.22. The normalized spacial score (nSPS) is 11.2. The SMILES string of the molecule is Cc1nn(-c2nc3ccccc3cc2CBr)c(C)c1C. The van der Waals surface area contributed by atoms with Crippen LogP contribution in [0.25, 0.3) is 16.7 Å². The molecule has 2 aromatic heterocycles. The van der Waals surface area contributed by atoms with Crippen LogP contribution in [-0.2, 0) is 5.33 Å². The van der Waals surface area contributed by atoms with Gasteiger partial charge in [-0.25, -0.2) is 9.67 Å². The number of aryl methyl sites for hydroxylation is 1. The zero-order valence-electron chi connectivity index (χ0n) is 11.8. The molecule has 0 bridgehead atoms. The van der Waals surface area contributed by atoms with E-state index in [1.165, 1.54) is 5.56 Å². The van der Waals surface area contributed by atoms with Crippen molar-refractivity contribution in [3.8, 4) is 5.82 Å². The maximum absolute atomic E-state index is 4.80. The number of hydrogen-bond donors (Lipinski definition) is 0. The molecule has 0 unspecified atom stereocenters. The Labute approximate surface area is 126 Å². The van der Waals surface area contributed by atoms with Crippen molar-refractivity contribution in [1.29, 1.82) is 0 Å². The van der Waals surface area contributed by atoms with Gasteiger partial charge in [-0.15, -0.1) is 0 Å². The zero-order valence-corrected chi connectivity index (χ0v) is 13.4. The van der Waals surface area contributed by atoms with E-state index in [1.54, 1.807) is 0 Å². The lowest BCUT2D eigenvalue weighted by molar-refractivity contribution is 0.802. The van der Waals surface area contributed by atoms with E-state index < -0.39 is 0 Å². The van der Waals surface area contributed by atoms with Gasteiger partial charge in [0.2, 0.25) is 0 Å². The Morgan fingerprint density at radius 3 is 2.55 bits per heavy atom. The van der Waals surface area contributed by atoms with Crippen molar-refractivity contribution in [3.63, 3.8) is 0 Å². The van der Waals surface area contributed by atoms with Gasteiger partial charge in [0, 0.05) is 22.0 Å². The van der Waals surface area contributed by atoms with Crippen LogP contribution in [0.5, 0.6) is 0 Å². The number of pyridine rings is 1. The number of alkyl halides is 1. The van der Waals surface area contributed by atoms with Gasteiger partial charge < -0.3 is 0 Å². The molecule has 0 fully saturated rings. The van der Waals surface area contributed by atoms with Gasteiger partial charge in [0.05, 0.1) is 11.2 Å². The first-order valence-corrected chi connectivity index (χ1v) is 7.72. The monoisotopic (exact) mass is 329 g/mol. The van der Waals surface area contributed by atoms with Crippen LogP contribution >= 0.6 is 15.9 Å². The van der Waals surface area contributed by atoms with Gasteiger partial charge in [-0.05, 0) is 38.5 Å². The van der Waals surface area contributed by atoms with Crippen LogP contribution in [0.3, 0.4) is 0 Å². The molecule has 20 heavy (non-hydrogen) atoms. The number of halogens is 1. The molecule has 3 rings (SSSR count). The highest BCUT2D eigenvalue weighted by Gasteiger charge is 2.14.